The molecule has 0 radical (unpaired) electrons. The maximum atomic E-state index is 13.1. The van der Waals surface area contributed by atoms with Crippen LogP contribution in [0.25, 0.3) is 10.9 Å². The van der Waals surface area contributed by atoms with Crippen LogP contribution < -0.4 is 5.32 Å². The van der Waals surface area contributed by atoms with Crippen molar-refractivity contribution in [3.63, 3.8) is 0 Å². The molecule has 0 aliphatic heterocycles. The van der Waals surface area contributed by atoms with Crippen molar-refractivity contribution in [3.05, 3.63) is 35.8 Å². The number of aromatic nitrogens is 1. The molecule has 1 aliphatic carbocycles. The van der Waals surface area contributed by atoms with E-state index in [1.165, 1.54) is 12.1 Å². The van der Waals surface area contributed by atoms with Crippen molar-refractivity contribution in [2.45, 2.75) is 31.2 Å². The third-order valence-corrected chi connectivity index (χ3v) is 4.01. The quantitative estimate of drug-likeness (QED) is 0.808. The van der Waals surface area contributed by atoms with Crippen LogP contribution in [0.1, 0.15) is 36.2 Å². The summed E-state index contributed by atoms with van der Waals surface area (Å²) in [6, 6.07) is 5.80. The molecule has 0 unspecified atom stereocenters. The highest BCUT2D eigenvalue weighted by atomic mass is 19.1. The lowest BCUT2D eigenvalue weighted by atomic mass is 9.74. The fourth-order valence-corrected chi connectivity index (χ4v) is 2.77. The molecule has 21 heavy (non-hydrogen) atoms. The fourth-order valence-electron chi connectivity index (χ4n) is 2.77. The molecule has 110 valence electrons. The van der Waals surface area contributed by atoms with Gasteiger partial charge < -0.3 is 15.4 Å². The highest BCUT2D eigenvalue weighted by molar-refractivity contribution is 5.98. The average Bonchev–Trinajstić information content (AvgIpc) is 2.78. The lowest BCUT2D eigenvalue weighted by Gasteiger charge is -2.41. The smallest absolute Gasteiger partial charge is 0.305 e. The summed E-state index contributed by atoms with van der Waals surface area (Å²) in [7, 11) is 0. The summed E-state index contributed by atoms with van der Waals surface area (Å²) >= 11 is 0. The van der Waals surface area contributed by atoms with Gasteiger partial charge in [-0.1, -0.05) is 0 Å². The number of amides is 1. The van der Waals surface area contributed by atoms with Gasteiger partial charge in [-0.3, -0.25) is 9.59 Å². The monoisotopic (exact) mass is 290 g/mol. The first-order valence-electron chi connectivity index (χ1n) is 6.80. The Morgan fingerprint density at radius 1 is 1.33 bits per heavy atom. The van der Waals surface area contributed by atoms with E-state index in [-0.39, 0.29) is 18.1 Å². The van der Waals surface area contributed by atoms with E-state index in [2.05, 4.69) is 10.3 Å². The van der Waals surface area contributed by atoms with Crippen LogP contribution >= 0.6 is 0 Å². The molecule has 0 spiro atoms. The van der Waals surface area contributed by atoms with Crippen molar-refractivity contribution in [1.82, 2.24) is 10.3 Å². The normalized spacial score (nSPS) is 16.4. The average molecular weight is 290 g/mol. The first kappa shape index (κ1) is 13.6. The molecule has 0 saturated heterocycles. The molecular formula is C15H15FN2O3. The van der Waals surface area contributed by atoms with Gasteiger partial charge in [0.15, 0.2) is 0 Å². The number of carboxylic acid groups (broad SMARTS) is 1. The number of carbonyl (C=O) groups excluding carboxylic acids is 1. The molecular weight excluding hydrogens is 275 g/mol. The van der Waals surface area contributed by atoms with E-state index in [1.807, 2.05) is 0 Å². The molecule has 1 fully saturated rings. The highest BCUT2D eigenvalue weighted by Gasteiger charge is 2.40. The maximum absolute atomic E-state index is 13.1. The van der Waals surface area contributed by atoms with Crippen molar-refractivity contribution < 1.29 is 19.1 Å². The Hall–Kier alpha value is -2.37. The zero-order valence-corrected chi connectivity index (χ0v) is 11.3. The van der Waals surface area contributed by atoms with Crippen LogP contribution in [-0.2, 0) is 4.79 Å². The van der Waals surface area contributed by atoms with Gasteiger partial charge in [-0.25, -0.2) is 4.39 Å². The second-order valence-corrected chi connectivity index (χ2v) is 5.57. The number of H-pyrrole nitrogens is 1. The van der Waals surface area contributed by atoms with Gasteiger partial charge in [0.2, 0.25) is 0 Å². The lowest BCUT2D eigenvalue weighted by molar-refractivity contribution is -0.139. The van der Waals surface area contributed by atoms with Gasteiger partial charge in [0.1, 0.15) is 11.5 Å². The number of nitrogens with one attached hydrogen (secondary N) is 2. The second-order valence-electron chi connectivity index (χ2n) is 5.57. The van der Waals surface area contributed by atoms with Crippen LogP contribution in [0.4, 0.5) is 4.39 Å². The minimum absolute atomic E-state index is 0.0758. The number of fused-ring (bicyclic) bond motifs is 1. The summed E-state index contributed by atoms with van der Waals surface area (Å²) < 4.78 is 13.1. The number of aromatic amines is 1. The number of hydrogen-bond donors (Lipinski definition) is 3. The summed E-state index contributed by atoms with van der Waals surface area (Å²) in [6.07, 6.45) is 2.17. The van der Waals surface area contributed by atoms with Crippen LogP contribution in [-0.4, -0.2) is 27.5 Å². The number of halogens is 1. The largest absolute Gasteiger partial charge is 0.481 e. The molecule has 6 heteroatoms. The van der Waals surface area contributed by atoms with E-state index < -0.39 is 11.5 Å². The summed E-state index contributed by atoms with van der Waals surface area (Å²) in [5, 5.41) is 12.4. The Bertz CT molecular complexity index is 719. The maximum Gasteiger partial charge on any atom is 0.305 e. The molecule has 1 aromatic carbocycles. The Morgan fingerprint density at radius 3 is 2.71 bits per heavy atom. The molecule has 1 heterocycles. The minimum Gasteiger partial charge on any atom is -0.481 e. The van der Waals surface area contributed by atoms with Gasteiger partial charge >= 0.3 is 5.97 Å². The number of aliphatic carboxylic acids is 1. The SMILES string of the molecule is O=C(O)CC1(NC(=O)c2cc3cc(F)ccc3[nH]2)CCC1. The molecule has 1 amide bonds. The number of rotatable bonds is 4. The molecule has 5 nitrogen and oxygen atoms in total. The van der Waals surface area contributed by atoms with E-state index in [0.717, 1.165) is 6.42 Å². The van der Waals surface area contributed by atoms with Crippen LogP contribution in [0.5, 0.6) is 0 Å². The van der Waals surface area contributed by atoms with Crippen molar-refractivity contribution >= 4 is 22.8 Å². The van der Waals surface area contributed by atoms with E-state index in [0.29, 0.717) is 29.4 Å². The molecule has 1 saturated carbocycles. The van der Waals surface area contributed by atoms with Crippen molar-refractivity contribution in [3.8, 4) is 0 Å². The van der Waals surface area contributed by atoms with E-state index in [9.17, 15) is 14.0 Å². The van der Waals surface area contributed by atoms with E-state index in [1.54, 1.807) is 12.1 Å². The van der Waals surface area contributed by atoms with Crippen LogP contribution in [0.15, 0.2) is 24.3 Å². The molecule has 2 aromatic rings. The molecule has 3 N–H and O–H groups in total. The third kappa shape index (κ3) is 2.61. The van der Waals surface area contributed by atoms with Crippen molar-refractivity contribution in [1.29, 1.82) is 0 Å². The minimum atomic E-state index is -0.922. The Kier molecular flexibility index (Phi) is 3.16. The summed E-state index contributed by atoms with van der Waals surface area (Å²) in [5.41, 5.74) is 0.334. The Balaban J connectivity index is 1.81. The summed E-state index contributed by atoms with van der Waals surface area (Å²) in [5.74, 6) is -1.64. The van der Waals surface area contributed by atoms with Gasteiger partial charge in [-0.05, 0) is 43.5 Å². The summed E-state index contributed by atoms with van der Waals surface area (Å²) in [4.78, 5) is 26.1. The molecule has 3 rings (SSSR count). The third-order valence-electron chi connectivity index (χ3n) is 4.01. The molecule has 0 bridgehead atoms. The van der Waals surface area contributed by atoms with Gasteiger partial charge in [0.25, 0.3) is 5.91 Å². The van der Waals surface area contributed by atoms with Gasteiger partial charge in [0, 0.05) is 10.9 Å². The molecule has 0 atom stereocenters. The number of benzene rings is 1. The fraction of sp³-hybridized carbons (Fsp3) is 0.333. The first-order chi connectivity index (χ1) is 9.97. The van der Waals surface area contributed by atoms with Crippen molar-refractivity contribution in [2.24, 2.45) is 0 Å². The predicted molar refractivity (Wildman–Crippen MR) is 74.6 cm³/mol. The first-order valence-corrected chi connectivity index (χ1v) is 6.80. The topological polar surface area (TPSA) is 82.2 Å². The lowest BCUT2D eigenvalue weighted by Crippen LogP contribution is -2.54. The van der Waals surface area contributed by atoms with Gasteiger partial charge in [0.05, 0.1) is 12.0 Å². The van der Waals surface area contributed by atoms with E-state index in [4.69, 9.17) is 5.11 Å². The second kappa shape index (κ2) is 4.87. The number of carboxylic acids is 1. The van der Waals surface area contributed by atoms with Crippen molar-refractivity contribution in [2.75, 3.05) is 0 Å². The standard InChI is InChI=1S/C15H15FN2O3/c16-10-2-3-11-9(6-10)7-12(17-11)14(21)18-15(4-1-5-15)8-13(19)20/h2-3,6-7,17H,1,4-5,8H2,(H,18,21)(H,19,20). The van der Waals surface area contributed by atoms with Crippen LogP contribution in [0, 0.1) is 5.82 Å². The summed E-state index contributed by atoms with van der Waals surface area (Å²) in [6.45, 7) is 0. The van der Waals surface area contributed by atoms with Crippen LogP contribution in [0.3, 0.4) is 0 Å². The Morgan fingerprint density at radius 2 is 2.10 bits per heavy atom. The molecule has 1 aromatic heterocycles. The van der Waals surface area contributed by atoms with Crippen LogP contribution in [0.2, 0.25) is 0 Å². The predicted octanol–water partition coefficient (Wildman–Crippen LogP) is 2.43. The number of carbonyl (C=O) groups is 2. The van der Waals surface area contributed by atoms with Gasteiger partial charge in [-0.15, -0.1) is 0 Å². The number of hydrogen-bond acceptors (Lipinski definition) is 2. The molecule has 1 aliphatic rings. The van der Waals surface area contributed by atoms with Gasteiger partial charge in [-0.2, -0.15) is 0 Å². The highest BCUT2D eigenvalue weighted by Crippen LogP contribution is 2.35. The Labute approximate surface area is 120 Å². The zero-order chi connectivity index (χ0) is 15.0. The van der Waals surface area contributed by atoms with E-state index >= 15 is 0 Å². The zero-order valence-electron chi connectivity index (χ0n) is 11.3.